The monoisotopic (exact) mass is 263 g/mol. The van der Waals surface area contributed by atoms with Crippen LogP contribution in [-0.4, -0.2) is 22.5 Å². The Hall–Kier alpha value is -2.17. The molecule has 2 rings (SSSR count). The molecule has 1 aromatic carbocycles. The molecule has 5 heteroatoms. The van der Waals surface area contributed by atoms with Crippen LogP contribution in [0.3, 0.4) is 0 Å². The lowest BCUT2D eigenvalue weighted by molar-refractivity contribution is -0.151. The predicted molar refractivity (Wildman–Crippen MR) is 67.8 cm³/mol. The van der Waals surface area contributed by atoms with Crippen LogP contribution in [0, 0.1) is 5.82 Å². The molecule has 0 atom stereocenters. The van der Waals surface area contributed by atoms with Crippen molar-refractivity contribution < 1.29 is 19.1 Å². The second-order valence-electron chi connectivity index (χ2n) is 4.62. The first-order valence-electron chi connectivity index (χ1n) is 6.01. The molecule has 100 valence electrons. The van der Waals surface area contributed by atoms with Crippen molar-refractivity contribution in [3.63, 3.8) is 0 Å². The summed E-state index contributed by atoms with van der Waals surface area (Å²) in [6.45, 7) is 0. The average Bonchev–Trinajstić information content (AvgIpc) is 2.31. The summed E-state index contributed by atoms with van der Waals surface area (Å²) >= 11 is 0. The van der Waals surface area contributed by atoms with E-state index in [1.165, 1.54) is 30.4 Å². The molecule has 1 saturated carbocycles. The van der Waals surface area contributed by atoms with E-state index in [0.717, 1.165) is 6.42 Å². The zero-order valence-electron chi connectivity index (χ0n) is 10.2. The van der Waals surface area contributed by atoms with Gasteiger partial charge in [0.25, 0.3) is 0 Å². The minimum absolute atomic E-state index is 0.386. The zero-order valence-corrected chi connectivity index (χ0v) is 10.2. The van der Waals surface area contributed by atoms with Crippen molar-refractivity contribution in [1.29, 1.82) is 0 Å². The molecule has 1 amide bonds. The van der Waals surface area contributed by atoms with Crippen LogP contribution in [0.5, 0.6) is 0 Å². The number of benzene rings is 1. The van der Waals surface area contributed by atoms with Gasteiger partial charge in [0, 0.05) is 6.08 Å². The number of hydrogen-bond donors (Lipinski definition) is 2. The highest BCUT2D eigenvalue weighted by molar-refractivity contribution is 5.96. The summed E-state index contributed by atoms with van der Waals surface area (Å²) in [6, 6.07) is 5.80. The topological polar surface area (TPSA) is 66.4 Å². The van der Waals surface area contributed by atoms with Gasteiger partial charge in [-0.1, -0.05) is 12.1 Å². The van der Waals surface area contributed by atoms with Gasteiger partial charge in [-0.3, -0.25) is 4.79 Å². The van der Waals surface area contributed by atoms with Gasteiger partial charge in [0.05, 0.1) is 0 Å². The second kappa shape index (κ2) is 5.22. The van der Waals surface area contributed by atoms with Crippen LogP contribution in [0.25, 0.3) is 6.08 Å². The molecule has 1 aliphatic carbocycles. The highest BCUT2D eigenvalue weighted by Gasteiger charge is 2.45. The lowest BCUT2D eigenvalue weighted by atomic mass is 9.77. The molecule has 4 nitrogen and oxygen atoms in total. The fourth-order valence-electron chi connectivity index (χ4n) is 1.98. The predicted octanol–water partition coefficient (Wildman–Crippen LogP) is 1.96. The fourth-order valence-corrected chi connectivity index (χ4v) is 1.98. The summed E-state index contributed by atoms with van der Waals surface area (Å²) in [6.07, 6.45) is 4.36. The molecule has 0 spiro atoms. The van der Waals surface area contributed by atoms with Crippen LogP contribution in [0.1, 0.15) is 24.8 Å². The number of aliphatic carboxylic acids is 1. The number of hydrogen-bond acceptors (Lipinski definition) is 2. The summed E-state index contributed by atoms with van der Waals surface area (Å²) in [5.74, 6) is -1.87. The fraction of sp³-hybridized carbons (Fsp3) is 0.286. The van der Waals surface area contributed by atoms with Gasteiger partial charge in [0.15, 0.2) is 0 Å². The van der Waals surface area contributed by atoms with Crippen LogP contribution in [0.4, 0.5) is 4.39 Å². The van der Waals surface area contributed by atoms with E-state index >= 15 is 0 Å². The molecule has 1 aromatic rings. The van der Waals surface area contributed by atoms with Crippen LogP contribution >= 0.6 is 0 Å². The number of halogens is 1. The van der Waals surface area contributed by atoms with Crippen LogP contribution in [0.2, 0.25) is 0 Å². The molecule has 0 radical (unpaired) electrons. The third kappa shape index (κ3) is 2.99. The molecule has 1 aliphatic rings. The van der Waals surface area contributed by atoms with Crippen molar-refractivity contribution in [3.05, 3.63) is 41.7 Å². The van der Waals surface area contributed by atoms with Gasteiger partial charge in [-0.05, 0) is 43.0 Å². The lowest BCUT2D eigenvalue weighted by Crippen LogP contribution is -2.58. The molecule has 0 unspecified atom stereocenters. The summed E-state index contributed by atoms with van der Waals surface area (Å²) in [4.78, 5) is 22.7. The SMILES string of the molecule is O=C(/C=C/c1cccc(F)c1)NC1(C(=O)O)CCC1. The molecule has 0 heterocycles. The second-order valence-corrected chi connectivity index (χ2v) is 4.62. The van der Waals surface area contributed by atoms with Gasteiger partial charge in [0.2, 0.25) is 5.91 Å². The molecule has 19 heavy (non-hydrogen) atoms. The molecule has 0 bridgehead atoms. The van der Waals surface area contributed by atoms with E-state index in [-0.39, 0.29) is 5.82 Å². The summed E-state index contributed by atoms with van der Waals surface area (Å²) in [7, 11) is 0. The molecule has 1 fully saturated rings. The lowest BCUT2D eigenvalue weighted by Gasteiger charge is -2.37. The van der Waals surface area contributed by atoms with Crippen molar-refractivity contribution in [3.8, 4) is 0 Å². The van der Waals surface area contributed by atoms with E-state index in [2.05, 4.69) is 5.32 Å². The number of nitrogens with one attached hydrogen (secondary N) is 1. The number of carbonyl (C=O) groups excluding carboxylic acids is 1. The van der Waals surface area contributed by atoms with E-state index in [0.29, 0.717) is 18.4 Å². The third-order valence-corrected chi connectivity index (χ3v) is 3.25. The van der Waals surface area contributed by atoms with E-state index in [9.17, 15) is 14.0 Å². The van der Waals surface area contributed by atoms with Gasteiger partial charge < -0.3 is 10.4 Å². The molecule has 0 aromatic heterocycles. The van der Waals surface area contributed by atoms with Crippen LogP contribution in [-0.2, 0) is 9.59 Å². The Kier molecular flexibility index (Phi) is 3.64. The third-order valence-electron chi connectivity index (χ3n) is 3.25. The van der Waals surface area contributed by atoms with Gasteiger partial charge in [-0.15, -0.1) is 0 Å². The van der Waals surface area contributed by atoms with E-state index in [1.807, 2.05) is 0 Å². The van der Waals surface area contributed by atoms with Crippen LogP contribution in [0.15, 0.2) is 30.3 Å². The molecular weight excluding hydrogens is 249 g/mol. The highest BCUT2D eigenvalue weighted by Crippen LogP contribution is 2.31. The Morgan fingerprint density at radius 3 is 2.63 bits per heavy atom. The number of rotatable bonds is 4. The molecule has 0 aliphatic heterocycles. The normalized spacial score (nSPS) is 16.9. The van der Waals surface area contributed by atoms with Crippen molar-refractivity contribution in [2.75, 3.05) is 0 Å². The van der Waals surface area contributed by atoms with Crippen molar-refractivity contribution in [2.24, 2.45) is 0 Å². The van der Waals surface area contributed by atoms with E-state index in [4.69, 9.17) is 5.11 Å². The first kappa shape index (κ1) is 13.3. The number of carboxylic acid groups (broad SMARTS) is 1. The van der Waals surface area contributed by atoms with Crippen LogP contribution < -0.4 is 5.32 Å². The average molecular weight is 263 g/mol. The Morgan fingerprint density at radius 1 is 1.37 bits per heavy atom. The molecular formula is C14H14FNO3. The zero-order chi connectivity index (χ0) is 13.9. The summed E-state index contributed by atoms with van der Waals surface area (Å²) < 4.78 is 12.9. The quantitative estimate of drug-likeness (QED) is 0.816. The summed E-state index contributed by atoms with van der Waals surface area (Å²) in [5.41, 5.74) is -0.572. The van der Waals surface area contributed by atoms with Gasteiger partial charge in [-0.2, -0.15) is 0 Å². The van der Waals surface area contributed by atoms with Crippen molar-refractivity contribution >= 4 is 18.0 Å². The maximum absolute atomic E-state index is 12.9. The molecule has 2 N–H and O–H groups in total. The highest BCUT2D eigenvalue weighted by atomic mass is 19.1. The van der Waals surface area contributed by atoms with Gasteiger partial charge in [-0.25, -0.2) is 9.18 Å². The summed E-state index contributed by atoms with van der Waals surface area (Å²) in [5, 5.41) is 11.6. The maximum Gasteiger partial charge on any atom is 0.329 e. The van der Waals surface area contributed by atoms with Crippen molar-refractivity contribution in [1.82, 2.24) is 5.32 Å². The van der Waals surface area contributed by atoms with E-state index in [1.54, 1.807) is 6.07 Å². The van der Waals surface area contributed by atoms with Gasteiger partial charge in [0.1, 0.15) is 11.4 Å². The first-order chi connectivity index (χ1) is 9.02. The minimum Gasteiger partial charge on any atom is -0.480 e. The smallest absolute Gasteiger partial charge is 0.329 e. The standard InChI is InChI=1S/C14H14FNO3/c15-11-4-1-3-10(9-11)5-6-12(17)16-14(13(18)19)7-2-8-14/h1,3-6,9H,2,7-8H2,(H,16,17)(H,18,19)/b6-5+. The Labute approximate surface area is 109 Å². The molecule has 0 saturated heterocycles. The Bertz CT molecular complexity index is 535. The van der Waals surface area contributed by atoms with E-state index < -0.39 is 17.4 Å². The maximum atomic E-state index is 12.9. The van der Waals surface area contributed by atoms with Crippen molar-refractivity contribution in [2.45, 2.75) is 24.8 Å². The largest absolute Gasteiger partial charge is 0.480 e. The Morgan fingerprint density at radius 2 is 2.11 bits per heavy atom. The minimum atomic E-state index is -1.12. The number of carbonyl (C=O) groups is 2. The Balaban J connectivity index is 2.00. The number of amides is 1. The van der Waals surface area contributed by atoms with Gasteiger partial charge >= 0.3 is 5.97 Å². The first-order valence-corrected chi connectivity index (χ1v) is 6.01. The number of carboxylic acids is 1.